The van der Waals surface area contributed by atoms with Crippen molar-refractivity contribution in [1.82, 2.24) is 9.80 Å². The van der Waals surface area contributed by atoms with Gasteiger partial charge in [-0.25, -0.2) is 0 Å². The highest BCUT2D eigenvalue weighted by molar-refractivity contribution is 8.00. The normalized spacial score (nSPS) is 15.6. The van der Waals surface area contributed by atoms with Crippen LogP contribution in [0.5, 0.6) is 0 Å². The van der Waals surface area contributed by atoms with E-state index >= 15 is 0 Å². The predicted octanol–water partition coefficient (Wildman–Crippen LogP) is -1.67. The van der Waals surface area contributed by atoms with Crippen molar-refractivity contribution in [2.45, 2.75) is 0 Å². The average Bonchev–Trinajstić information content (AvgIpc) is 2.64. The molecule has 2 N–H and O–H groups in total. The number of carbonyl (C=O) groups excluding carboxylic acids is 2. The maximum atomic E-state index is 11.7. The molecule has 0 unspecified atom stereocenters. The van der Waals surface area contributed by atoms with Crippen molar-refractivity contribution in [3.8, 4) is 0 Å². The van der Waals surface area contributed by atoms with Crippen LogP contribution in [0.15, 0.2) is 0 Å². The molecular weight excluding hydrogens is 232 g/mol. The molecule has 0 bridgehead atoms. The van der Waals surface area contributed by atoms with Gasteiger partial charge in [0, 0.05) is 13.1 Å². The molecule has 16 heavy (non-hydrogen) atoms. The van der Waals surface area contributed by atoms with Crippen LogP contribution in [-0.2, 0) is 9.59 Å². The fraction of sp³-hybridized carbons (Fsp3) is 0.778. The summed E-state index contributed by atoms with van der Waals surface area (Å²) in [7, 11) is 0. The summed E-state index contributed by atoms with van der Waals surface area (Å²) in [6.07, 6.45) is 0. The first-order chi connectivity index (χ1) is 7.69. The number of carbonyl (C=O) groups is 2. The molecule has 6 nitrogen and oxygen atoms in total. The largest absolute Gasteiger partial charge is 0.395 e. The number of aliphatic hydroxyl groups is 2. The van der Waals surface area contributed by atoms with Crippen molar-refractivity contribution in [3.05, 3.63) is 0 Å². The number of hydrogen-bond acceptors (Lipinski definition) is 5. The molecule has 0 aromatic heterocycles. The van der Waals surface area contributed by atoms with E-state index in [1.54, 1.807) is 0 Å². The van der Waals surface area contributed by atoms with Crippen LogP contribution in [0.2, 0.25) is 0 Å². The van der Waals surface area contributed by atoms with Gasteiger partial charge in [0.15, 0.2) is 0 Å². The Hall–Kier alpha value is -0.790. The number of nitrogens with zero attached hydrogens (tertiary/aromatic N) is 2. The second kappa shape index (κ2) is 6.72. The number of rotatable bonds is 6. The van der Waals surface area contributed by atoms with Gasteiger partial charge in [-0.15, -0.1) is 11.8 Å². The third kappa shape index (κ3) is 3.66. The molecule has 1 saturated heterocycles. The quantitative estimate of drug-likeness (QED) is 0.587. The smallest absolute Gasteiger partial charge is 0.242 e. The Kier molecular flexibility index (Phi) is 5.58. The van der Waals surface area contributed by atoms with Crippen LogP contribution in [0.3, 0.4) is 0 Å². The third-order valence-corrected chi connectivity index (χ3v) is 3.19. The standard InChI is InChI=1S/C9H16N2O4S/c12-3-1-10(2-4-13)8(14)5-11-7-16-6-9(11)15/h12-13H,1-7H2. The van der Waals surface area contributed by atoms with Crippen molar-refractivity contribution in [2.24, 2.45) is 0 Å². The summed E-state index contributed by atoms with van der Waals surface area (Å²) in [5.41, 5.74) is 0. The van der Waals surface area contributed by atoms with E-state index in [-0.39, 0.29) is 44.7 Å². The summed E-state index contributed by atoms with van der Waals surface area (Å²) in [5.74, 6) is 0.689. The molecule has 1 aliphatic rings. The van der Waals surface area contributed by atoms with Gasteiger partial charge in [-0.1, -0.05) is 0 Å². The Morgan fingerprint density at radius 1 is 1.38 bits per heavy atom. The summed E-state index contributed by atoms with van der Waals surface area (Å²) in [6.45, 7) is 0.123. The zero-order valence-electron chi connectivity index (χ0n) is 8.96. The van der Waals surface area contributed by atoms with E-state index in [4.69, 9.17) is 10.2 Å². The van der Waals surface area contributed by atoms with Crippen LogP contribution in [0, 0.1) is 0 Å². The van der Waals surface area contributed by atoms with Crippen molar-refractivity contribution in [3.63, 3.8) is 0 Å². The van der Waals surface area contributed by atoms with Gasteiger partial charge in [0.25, 0.3) is 0 Å². The van der Waals surface area contributed by atoms with E-state index in [2.05, 4.69) is 0 Å². The molecule has 1 rings (SSSR count). The number of aliphatic hydroxyl groups excluding tert-OH is 2. The fourth-order valence-electron chi connectivity index (χ4n) is 1.41. The highest BCUT2D eigenvalue weighted by atomic mass is 32.2. The first-order valence-corrected chi connectivity index (χ1v) is 6.19. The monoisotopic (exact) mass is 248 g/mol. The molecule has 92 valence electrons. The van der Waals surface area contributed by atoms with E-state index in [0.717, 1.165) is 0 Å². The molecule has 1 aliphatic heterocycles. The van der Waals surface area contributed by atoms with Crippen molar-refractivity contribution < 1.29 is 19.8 Å². The molecule has 2 amide bonds. The van der Waals surface area contributed by atoms with Gasteiger partial charge in [0.2, 0.25) is 11.8 Å². The van der Waals surface area contributed by atoms with E-state index < -0.39 is 0 Å². The summed E-state index contributed by atoms with van der Waals surface area (Å²) >= 11 is 1.48. The molecule has 0 aromatic rings. The lowest BCUT2D eigenvalue weighted by Gasteiger charge is -2.23. The summed E-state index contributed by atoms with van der Waals surface area (Å²) in [4.78, 5) is 25.8. The lowest BCUT2D eigenvalue weighted by molar-refractivity contribution is -0.138. The zero-order valence-corrected chi connectivity index (χ0v) is 9.78. The van der Waals surface area contributed by atoms with Crippen LogP contribution in [0.25, 0.3) is 0 Å². The Morgan fingerprint density at radius 2 is 2.00 bits per heavy atom. The minimum atomic E-state index is -0.237. The van der Waals surface area contributed by atoms with Gasteiger partial charge >= 0.3 is 0 Å². The third-order valence-electron chi connectivity index (χ3n) is 2.24. The Morgan fingerprint density at radius 3 is 2.44 bits per heavy atom. The van der Waals surface area contributed by atoms with Crippen molar-refractivity contribution >= 4 is 23.6 Å². The topological polar surface area (TPSA) is 81.1 Å². The van der Waals surface area contributed by atoms with Crippen LogP contribution in [0.1, 0.15) is 0 Å². The van der Waals surface area contributed by atoms with Crippen LogP contribution >= 0.6 is 11.8 Å². The second-order valence-corrected chi connectivity index (χ2v) is 4.35. The zero-order chi connectivity index (χ0) is 12.0. The van der Waals surface area contributed by atoms with Gasteiger partial charge in [-0.3, -0.25) is 9.59 Å². The molecular formula is C9H16N2O4S. The van der Waals surface area contributed by atoms with Crippen molar-refractivity contribution in [2.75, 3.05) is 44.5 Å². The van der Waals surface area contributed by atoms with Gasteiger partial charge in [0.1, 0.15) is 6.54 Å². The van der Waals surface area contributed by atoms with Crippen LogP contribution < -0.4 is 0 Å². The van der Waals surface area contributed by atoms with E-state index in [1.807, 2.05) is 0 Å². The van der Waals surface area contributed by atoms with Gasteiger partial charge in [-0.2, -0.15) is 0 Å². The lowest BCUT2D eigenvalue weighted by Crippen LogP contribution is -2.43. The molecule has 0 spiro atoms. The van der Waals surface area contributed by atoms with E-state index in [9.17, 15) is 9.59 Å². The number of hydrogen-bond donors (Lipinski definition) is 2. The molecule has 1 heterocycles. The molecule has 1 fully saturated rings. The van der Waals surface area contributed by atoms with Gasteiger partial charge in [-0.05, 0) is 0 Å². The highest BCUT2D eigenvalue weighted by Crippen LogP contribution is 2.14. The summed E-state index contributed by atoms with van der Waals surface area (Å²) in [6, 6.07) is 0. The first-order valence-electron chi connectivity index (χ1n) is 5.04. The van der Waals surface area contributed by atoms with Crippen LogP contribution in [-0.4, -0.2) is 76.3 Å². The van der Waals surface area contributed by atoms with Crippen LogP contribution in [0.4, 0.5) is 0 Å². The van der Waals surface area contributed by atoms with Gasteiger partial charge in [0.05, 0.1) is 24.8 Å². The second-order valence-electron chi connectivity index (χ2n) is 3.40. The molecule has 0 aliphatic carbocycles. The summed E-state index contributed by atoms with van der Waals surface area (Å²) < 4.78 is 0. The highest BCUT2D eigenvalue weighted by Gasteiger charge is 2.24. The maximum Gasteiger partial charge on any atom is 0.242 e. The Labute approximate surface area is 98.2 Å². The number of amides is 2. The summed E-state index contributed by atoms with van der Waals surface area (Å²) in [5, 5.41) is 17.5. The number of thioether (sulfide) groups is 1. The minimum Gasteiger partial charge on any atom is -0.395 e. The molecule has 0 saturated carbocycles. The lowest BCUT2D eigenvalue weighted by atomic mass is 10.4. The molecule has 0 aromatic carbocycles. The first kappa shape index (κ1) is 13.3. The Balaban J connectivity index is 2.44. The molecule has 0 atom stereocenters. The van der Waals surface area contributed by atoms with E-state index in [0.29, 0.717) is 11.6 Å². The predicted molar refractivity (Wildman–Crippen MR) is 59.8 cm³/mol. The SMILES string of the molecule is O=C(CN1CSCC1=O)N(CCO)CCO. The maximum absolute atomic E-state index is 11.7. The molecule has 7 heteroatoms. The minimum absolute atomic E-state index is 0.0336. The Bertz CT molecular complexity index is 256. The average molecular weight is 248 g/mol. The van der Waals surface area contributed by atoms with Crippen molar-refractivity contribution in [1.29, 1.82) is 0 Å². The molecule has 0 radical (unpaired) electrons. The van der Waals surface area contributed by atoms with Gasteiger partial charge < -0.3 is 20.0 Å². The fourth-order valence-corrected chi connectivity index (χ4v) is 2.31. The van der Waals surface area contributed by atoms with E-state index in [1.165, 1.54) is 21.6 Å².